The van der Waals surface area contributed by atoms with Gasteiger partial charge in [-0.2, -0.15) is 0 Å². The van der Waals surface area contributed by atoms with Crippen molar-refractivity contribution in [3.8, 4) is 11.3 Å². The van der Waals surface area contributed by atoms with Crippen LogP contribution in [0.3, 0.4) is 0 Å². The number of nitrogens with one attached hydrogen (secondary N) is 1. The molecular formula is C23H27N4O3S+. The molecule has 0 bridgehead atoms. The molecule has 0 saturated heterocycles. The minimum absolute atomic E-state index is 0.152. The van der Waals surface area contributed by atoms with Crippen LogP contribution in [0, 0.1) is 6.92 Å². The number of carbonyl (C=O) groups is 1. The first-order valence-corrected chi connectivity index (χ1v) is 11.6. The molecule has 3 aromatic rings. The van der Waals surface area contributed by atoms with Gasteiger partial charge >= 0.3 is 17.4 Å². The van der Waals surface area contributed by atoms with Crippen LogP contribution in [0.4, 0.5) is 5.69 Å². The number of hydrogen-bond donors (Lipinski definition) is 1. The number of fused-ring (bicyclic) bond motifs is 3. The number of H-pyrrole nitrogens is 1. The third-order valence-corrected chi connectivity index (χ3v) is 6.30. The second-order valence-corrected chi connectivity index (χ2v) is 8.77. The van der Waals surface area contributed by atoms with E-state index in [2.05, 4.69) is 11.9 Å². The molecule has 0 saturated carbocycles. The van der Waals surface area contributed by atoms with Crippen molar-refractivity contribution in [1.82, 2.24) is 10.1 Å². The summed E-state index contributed by atoms with van der Waals surface area (Å²) in [5, 5.41) is 5.30. The number of aryl methyl sites for hydroxylation is 1. The number of nitrogens with zero attached hydrogens (tertiary/aromatic N) is 3. The number of benzene rings is 1. The highest BCUT2D eigenvalue weighted by Crippen LogP contribution is 2.37. The van der Waals surface area contributed by atoms with Gasteiger partial charge in [0.25, 0.3) is 0 Å². The van der Waals surface area contributed by atoms with Gasteiger partial charge in [0, 0.05) is 17.8 Å². The molecule has 31 heavy (non-hydrogen) atoms. The summed E-state index contributed by atoms with van der Waals surface area (Å²) in [7, 11) is 0. The maximum absolute atomic E-state index is 13.2. The highest BCUT2D eigenvalue weighted by molar-refractivity contribution is 7.99. The third kappa shape index (κ3) is 4.17. The topological polar surface area (TPSA) is 83.1 Å². The molecule has 1 N–H and O–H groups in total. The fourth-order valence-electron chi connectivity index (χ4n) is 3.93. The lowest BCUT2D eigenvalue weighted by molar-refractivity contribution is -0.764. The Morgan fingerprint density at radius 3 is 2.74 bits per heavy atom. The number of unbranched alkanes of at least 4 members (excludes halogenated alkanes) is 3. The minimum Gasteiger partial charge on any atom is -0.457 e. The van der Waals surface area contributed by atoms with Crippen molar-refractivity contribution in [3.63, 3.8) is 0 Å². The number of hydrogen-bond acceptors (Lipinski definition) is 5. The molecule has 0 spiro atoms. The van der Waals surface area contributed by atoms with Gasteiger partial charge in [-0.3, -0.25) is 14.6 Å². The van der Waals surface area contributed by atoms with Gasteiger partial charge in [-0.05, 0) is 42.3 Å². The molecule has 0 radical (unpaired) electrons. The normalized spacial score (nSPS) is 14.9. The molecule has 0 aliphatic carbocycles. The molecule has 8 heteroatoms. The molecule has 1 aliphatic heterocycles. The average Bonchev–Trinajstić information content (AvgIpc) is 3.18. The Morgan fingerprint density at radius 1 is 1.23 bits per heavy atom. The van der Waals surface area contributed by atoms with E-state index in [9.17, 15) is 9.59 Å². The van der Waals surface area contributed by atoms with Crippen molar-refractivity contribution in [2.45, 2.75) is 57.8 Å². The van der Waals surface area contributed by atoms with E-state index in [1.807, 2.05) is 43.3 Å². The molecule has 2 aromatic heterocycles. The Bertz CT molecular complexity index is 1150. The lowest BCUT2D eigenvalue weighted by Crippen LogP contribution is -2.60. The first-order chi connectivity index (χ1) is 15.0. The summed E-state index contributed by atoms with van der Waals surface area (Å²) in [6.45, 7) is 5.55. The molecule has 3 heterocycles. The van der Waals surface area contributed by atoms with Crippen LogP contribution in [0.15, 0.2) is 50.8 Å². The van der Waals surface area contributed by atoms with Crippen molar-refractivity contribution in [1.29, 1.82) is 0 Å². The largest absolute Gasteiger partial charge is 0.457 e. The van der Waals surface area contributed by atoms with Crippen molar-refractivity contribution in [3.05, 3.63) is 58.3 Å². The van der Waals surface area contributed by atoms with Crippen molar-refractivity contribution in [2.75, 3.05) is 10.7 Å². The number of para-hydroxylation sites is 1. The van der Waals surface area contributed by atoms with Crippen LogP contribution in [0.1, 0.15) is 57.2 Å². The van der Waals surface area contributed by atoms with E-state index in [0.29, 0.717) is 27.9 Å². The van der Waals surface area contributed by atoms with Crippen LogP contribution in [0.5, 0.6) is 0 Å². The van der Waals surface area contributed by atoms with Crippen molar-refractivity contribution in [2.24, 2.45) is 0 Å². The number of furan rings is 1. The zero-order valence-corrected chi connectivity index (χ0v) is 18.9. The summed E-state index contributed by atoms with van der Waals surface area (Å²) in [4.78, 5) is 30.5. The molecule has 1 atom stereocenters. The zero-order valence-electron chi connectivity index (χ0n) is 18.1. The van der Waals surface area contributed by atoms with Crippen molar-refractivity contribution < 1.29 is 13.9 Å². The lowest BCUT2D eigenvalue weighted by Gasteiger charge is -2.30. The number of anilines is 1. The number of aromatic amines is 1. The van der Waals surface area contributed by atoms with E-state index in [4.69, 9.17) is 9.52 Å². The fourth-order valence-corrected chi connectivity index (χ4v) is 4.78. The van der Waals surface area contributed by atoms with Crippen LogP contribution >= 0.6 is 11.8 Å². The number of thioether (sulfide) groups is 1. The predicted octanol–water partition coefficient (Wildman–Crippen LogP) is 4.21. The Labute approximate surface area is 185 Å². The SMILES string of the molecule is CCCCCCSc1n[n+]2c(c(=O)[nH]1)-c1ccccc1N(C(C)=O)[C@@H]2c1ccc(C)o1. The summed E-state index contributed by atoms with van der Waals surface area (Å²) < 4.78 is 7.54. The highest BCUT2D eigenvalue weighted by Gasteiger charge is 2.46. The number of amides is 1. The Kier molecular flexibility index (Phi) is 6.27. The molecular weight excluding hydrogens is 412 g/mol. The van der Waals surface area contributed by atoms with Crippen LogP contribution in [0.2, 0.25) is 0 Å². The molecule has 1 amide bonds. The van der Waals surface area contributed by atoms with E-state index < -0.39 is 6.17 Å². The Morgan fingerprint density at radius 2 is 2.03 bits per heavy atom. The molecule has 0 fully saturated rings. The van der Waals surface area contributed by atoms with Crippen LogP contribution < -0.4 is 15.1 Å². The van der Waals surface area contributed by atoms with E-state index in [-0.39, 0.29) is 11.5 Å². The number of rotatable bonds is 7. The standard InChI is InChI=1S/C23H26N4O3S/c1-4-5-6-9-14-31-23-24-21(29)20-17-10-7-8-11-18(17)26(16(3)28)22(27(20)25-23)19-13-12-15(2)30-19/h7-8,10-13,22H,4-6,9,14H2,1-3H3/p+1/t22-/m0/s1. The first-order valence-electron chi connectivity index (χ1n) is 10.7. The minimum atomic E-state index is -0.669. The third-order valence-electron chi connectivity index (χ3n) is 5.35. The van der Waals surface area contributed by atoms with Gasteiger partial charge in [0.05, 0.1) is 11.3 Å². The van der Waals surface area contributed by atoms with E-state index >= 15 is 0 Å². The lowest BCUT2D eigenvalue weighted by atomic mass is 10.0. The molecule has 162 valence electrons. The maximum atomic E-state index is 13.2. The molecule has 1 aliphatic rings. The maximum Gasteiger partial charge on any atom is 0.325 e. The summed E-state index contributed by atoms with van der Waals surface area (Å²) >= 11 is 1.53. The van der Waals surface area contributed by atoms with Crippen LogP contribution in [-0.4, -0.2) is 21.7 Å². The summed E-state index contributed by atoms with van der Waals surface area (Å²) in [5.41, 5.74) is 1.53. The Balaban J connectivity index is 1.83. The Hall–Kier alpha value is -2.87. The molecule has 0 unspecified atom stereocenters. The van der Waals surface area contributed by atoms with Gasteiger partial charge in [-0.15, -0.1) is 0 Å². The predicted molar refractivity (Wildman–Crippen MR) is 120 cm³/mol. The summed E-state index contributed by atoms with van der Waals surface area (Å²) in [6, 6.07) is 11.1. The monoisotopic (exact) mass is 439 g/mol. The second kappa shape index (κ2) is 9.09. The summed E-state index contributed by atoms with van der Waals surface area (Å²) in [5.74, 6) is 2.01. The van der Waals surface area contributed by atoms with E-state index in [1.165, 1.54) is 31.5 Å². The van der Waals surface area contributed by atoms with Crippen LogP contribution in [0.25, 0.3) is 11.3 Å². The van der Waals surface area contributed by atoms with E-state index in [0.717, 1.165) is 24.4 Å². The van der Waals surface area contributed by atoms with Crippen LogP contribution in [-0.2, 0) is 4.79 Å². The van der Waals surface area contributed by atoms with Gasteiger partial charge < -0.3 is 4.42 Å². The van der Waals surface area contributed by atoms with Gasteiger partial charge in [-0.1, -0.05) is 50.1 Å². The highest BCUT2D eigenvalue weighted by atomic mass is 32.2. The molecule has 1 aromatic carbocycles. The quantitative estimate of drug-likeness (QED) is 0.339. The molecule has 7 nitrogen and oxygen atoms in total. The number of aromatic nitrogens is 3. The smallest absolute Gasteiger partial charge is 0.325 e. The second-order valence-electron chi connectivity index (χ2n) is 7.69. The first kappa shape index (κ1) is 21.4. The van der Waals surface area contributed by atoms with Gasteiger partial charge in [0.1, 0.15) is 5.76 Å². The average molecular weight is 440 g/mol. The fraction of sp³-hybridized carbons (Fsp3) is 0.391. The molecule has 4 rings (SSSR count). The van der Waals surface area contributed by atoms with Crippen molar-refractivity contribution >= 4 is 23.4 Å². The van der Waals surface area contributed by atoms with E-state index in [1.54, 1.807) is 9.58 Å². The zero-order chi connectivity index (χ0) is 22.0. The van der Waals surface area contributed by atoms with Gasteiger partial charge in [-0.25, -0.2) is 4.90 Å². The summed E-state index contributed by atoms with van der Waals surface area (Å²) in [6.07, 6.45) is 3.93. The van der Waals surface area contributed by atoms with Gasteiger partial charge in [0.15, 0.2) is 5.76 Å². The van der Waals surface area contributed by atoms with Gasteiger partial charge in [0.2, 0.25) is 11.1 Å². The number of carbonyl (C=O) groups excluding carboxylic acids is 1.